The Balaban J connectivity index is 1.70. The van der Waals surface area contributed by atoms with Gasteiger partial charge in [-0.1, -0.05) is 60.1 Å². The Kier molecular flexibility index (Phi) is 5.45. The molecule has 2 N–H and O–H groups in total. The lowest BCUT2D eigenvalue weighted by Gasteiger charge is -2.17. The minimum atomic E-state index is -0.388. The summed E-state index contributed by atoms with van der Waals surface area (Å²) in [5.74, 6) is -0.770. The zero-order valence-corrected chi connectivity index (χ0v) is 16.3. The quantitative estimate of drug-likeness (QED) is 0.481. The van der Waals surface area contributed by atoms with E-state index in [-0.39, 0.29) is 18.4 Å². The van der Waals surface area contributed by atoms with E-state index in [1.807, 2.05) is 36.4 Å². The van der Waals surface area contributed by atoms with Gasteiger partial charge in [0.1, 0.15) is 0 Å². The smallest absolute Gasteiger partial charge is 0.266 e. The van der Waals surface area contributed by atoms with Crippen LogP contribution in [0.15, 0.2) is 66.7 Å². The Hall–Kier alpha value is -2.99. The number of nitrogens with zero attached hydrogens (tertiary/aromatic N) is 1. The molecule has 0 bridgehead atoms. The van der Waals surface area contributed by atoms with Crippen LogP contribution in [-0.2, 0) is 6.54 Å². The number of carbonyl (C=O) groups is 2. The van der Waals surface area contributed by atoms with Crippen LogP contribution in [0, 0.1) is 0 Å². The summed E-state index contributed by atoms with van der Waals surface area (Å²) in [7, 11) is 0. The molecule has 6 heteroatoms. The molecule has 0 aliphatic carbocycles. The molecule has 0 unspecified atom stereocenters. The maximum atomic E-state index is 13.1. The number of aliphatic hydroxyl groups excluding tert-OH is 1. The lowest BCUT2D eigenvalue weighted by Crippen LogP contribution is -2.29. The van der Waals surface area contributed by atoms with Gasteiger partial charge in [0.05, 0.1) is 28.4 Å². The molecule has 2 amide bonds. The maximum absolute atomic E-state index is 13.1. The van der Waals surface area contributed by atoms with Crippen LogP contribution in [-0.4, -0.2) is 30.1 Å². The lowest BCUT2D eigenvalue weighted by molar-refractivity contribution is 0.0926. The van der Waals surface area contributed by atoms with E-state index in [9.17, 15) is 9.59 Å². The van der Waals surface area contributed by atoms with Crippen LogP contribution in [0.2, 0.25) is 5.02 Å². The van der Waals surface area contributed by atoms with Gasteiger partial charge in [0.25, 0.3) is 11.8 Å². The zero-order chi connectivity index (χ0) is 20.4. The second-order valence-electron chi connectivity index (χ2n) is 6.73. The van der Waals surface area contributed by atoms with Gasteiger partial charge in [-0.15, -0.1) is 0 Å². The van der Waals surface area contributed by atoms with Crippen LogP contribution in [0.5, 0.6) is 0 Å². The predicted molar refractivity (Wildman–Crippen MR) is 113 cm³/mol. The van der Waals surface area contributed by atoms with Crippen molar-refractivity contribution in [2.75, 3.05) is 18.1 Å². The Bertz CT molecular complexity index is 1080. The van der Waals surface area contributed by atoms with E-state index in [1.165, 1.54) is 0 Å². The summed E-state index contributed by atoms with van der Waals surface area (Å²) < 4.78 is 0. The van der Waals surface area contributed by atoms with E-state index >= 15 is 0 Å². The van der Waals surface area contributed by atoms with E-state index in [0.717, 1.165) is 21.6 Å². The predicted octanol–water partition coefficient (Wildman–Crippen LogP) is 3.89. The first-order valence-electron chi connectivity index (χ1n) is 9.29. The highest BCUT2D eigenvalue weighted by atomic mass is 35.5. The highest BCUT2D eigenvalue weighted by molar-refractivity contribution is 6.41. The van der Waals surface area contributed by atoms with Gasteiger partial charge in [0.15, 0.2) is 0 Å². The number of hydrogen-bond acceptors (Lipinski definition) is 4. The largest absolute Gasteiger partial charge is 0.395 e. The summed E-state index contributed by atoms with van der Waals surface area (Å²) in [5.41, 5.74) is 3.63. The van der Waals surface area contributed by atoms with Crippen LogP contribution in [0.3, 0.4) is 0 Å². The van der Waals surface area contributed by atoms with Crippen LogP contribution in [0.4, 0.5) is 5.69 Å². The maximum Gasteiger partial charge on any atom is 0.266 e. The Morgan fingerprint density at radius 2 is 1.62 bits per heavy atom. The van der Waals surface area contributed by atoms with Crippen molar-refractivity contribution in [2.45, 2.75) is 6.54 Å². The molecule has 3 aromatic rings. The van der Waals surface area contributed by atoms with Crippen LogP contribution >= 0.6 is 11.6 Å². The van der Waals surface area contributed by atoms with Crippen LogP contribution in [0.1, 0.15) is 26.3 Å². The van der Waals surface area contributed by atoms with Crippen molar-refractivity contribution in [1.82, 2.24) is 5.32 Å². The van der Waals surface area contributed by atoms with E-state index < -0.39 is 0 Å². The average Bonchev–Trinajstić information content (AvgIpc) is 2.99. The number of nitrogens with one attached hydrogen (secondary N) is 1. The van der Waals surface area contributed by atoms with Gasteiger partial charge in [-0.05, 0) is 29.3 Å². The summed E-state index contributed by atoms with van der Waals surface area (Å²) in [6.07, 6.45) is 0. The zero-order valence-electron chi connectivity index (χ0n) is 15.6. The van der Waals surface area contributed by atoms with Gasteiger partial charge in [0.2, 0.25) is 0 Å². The van der Waals surface area contributed by atoms with Gasteiger partial charge in [-0.25, -0.2) is 4.90 Å². The van der Waals surface area contributed by atoms with Gasteiger partial charge in [0, 0.05) is 18.7 Å². The standard InChI is InChI=1S/C23H19ClN2O3/c24-21-17(16-5-2-1-3-6-16)7-4-8-20(21)26-22(28)18-10-9-15(14-25-11-12-27)13-19(18)23(26)29/h1-10,13,25,27H,11-12,14H2. The summed E-state index contributed by atoms with van der Waals surface area (Å²) in [4.78, 5) is 27.2. The molecule has 29 heavy (non-hydrogen) atoms. The van der Waals surface area contributed by atoms with Crippen molar-refractivity contribution in [3.8, 4) is 11.1 Å². The Morgan fingerprint density at radius 3 is 2.38 bits per heavy atom. The molecule has 1 heterocycles. The van der Waals surface area contributed by atoms with E-state index in [0.29, 0.717) is 34.9 Å². The fourth-order valence-corrected chi connectivity index (χ4v) is 3.78. The van der Waals surface area contributed by atoms with Crippen LogP contribution < -0.4 is 10.2 Å². The number of hydrogen-bond donors (Lipinski definition) is 2. The molecule has 0 radical (unpaired) electrons. The number of amides is 2. The molecular formula is C23H19ClN2O3. The summed E-state index contributed by atoms with van der Waals surface area (Å²) in [6.45, 7) is 0.990. The number of benzene rings is 3. The highest BCUT2D eigenvalue weighted by Crippen LogP contribution is 2.39. The molecule has 0 spiro atoms. The molecule has 4 rings (SSSR count). The SMILES string of the molecule is O=C1c2ccc(CNCCO)cc2C(=O)N1c1cccc(-c2ccccc2)c1Cl. The van der Waals surface area contributed by atoms with Gasteiger partial charge < -0.3 is 10.4 Å². The molecule has 1 aliphatic heterocycles. The summed E-state index contributed by atoms with van der Waals surface area (Å²) >= 11 is 6.63. The molecule has 3 aromatic carbocycles. The van der Waals surface area contributed by atoms with Gasteiger partial charge in [-0.2, -0.15) is 0 Å². The molecule has 5 nitrogen and oxygen atoms in total. The third kappa shape index (κ3) is 3.56. The first-order valence-corrected chi connectivity index (χ1v) is 9.67. The summed E-state index contributed by atoms with van der Waals surface area (Å²) in [6, 6.07) is 20.1. The normalized spacial score (nSPS) is 13.1. The van der Waals surface area contributed by atoms with Gasteiger partial charge >= 0.3 is 0 Å². The fourth-order valence-electron chi connectivity index (χ4n) is 3.46. The molecule has 0 fully saturated rings. The molecular weight excluding hydrogens is 388 g/mol. The van der Waals surface area contributed by atoms with Crippen molar-refractivity contribution in [3.63, 3.8) is 0 Å². The summed E-state index contributed by atoms with van der Waals surface area (Å²) in [5, 5.41) is 12.3. The first-order chi connectivity index (χ1) is 14.1. The van der Waals surface area contributed by atoms with Gasteiger partial charge in [-0.3, -0.25) is 9.59 Å². The minimum absolute atomic E-state index is 0.0341. The molecule has 0 saturated carbocycles. The average molecular weight is 407 g/mol. The minimum Gasteiger partial charge on any atom is -0.395 e. The van der Waals surface area contributed by atoms with E-state index in [2.05, 4.69) is 5.32 Å². The van der Waals surface area contributed by atoms with Crippen molar-refractivity contribution >= 4 is 29.1 Å². The number of fused-ring (bicyclic) bond motifs is 1. The third-order valence-corrected chi connectivity index (χ3v) is 5.27. The third-order valence-electron chi connectivity index (χ3n) is 4.87. The molecule has 0 saturated heterocycles. The van der Waals surface area contributed by atoms with Crippen molar-refractivity contribution in [1.29, 1.82) is 0 Å². The number of rotatable bonds is 6. The number of aliphatic hydroxyl groups is 1. The fraction of sp³-hybridized carbons (Fsp3) is 0.130. The molecule has 0 aromatic heterocycles. The monoisotopic (exact) mass is 406 g/mol. The molecule has 1 aliphatic rings. The lowest BCUT2D eigenvalue weighted by atomic mass is 10.0. The molecule has 146 valence electrons. The Morgan fingerprint density at radius 1 is 0.862 bits per heavy atom. The number of halogens is 1. The number of carbonyl (C=O) groups excluding carboxylic acids is 2. The van der Waals surface area contributed by atoms with Crippen molar-refractivity contribution < 1.29 is 14.7 Å². The number of anilines is 1. The van der Waals surface area contributed by atoms with Crippen LogP contribution in [0.25, 0.3) is 11.1 Å². The Labute approximate surface area is 173 Å². The second kappa shape index (κ2) is 8.17. The first kappa shape index (κ1) is 19.3. The van der Waals surface area contributed by atoms with E-state index in [4.69, 9.17) is 16.7 Å². The highest BCUT2D eigenvalue weighted by Gasteiger charge is 2.38. The topological polar surface area (TPSA) is 69.6 Å². The van der Waals surface area contributed by atoms with E-state index in [1.54, 1.807) is 30.3 Å². The molecule has 0 atom stereocenters. The second-order valence-corrected chi connectivity index (χ2v) is 7.11. The van der Waals surface area contributed by atoms with Crippen molar-refractivity contribution in [2.24, 2.45) is 0 Å². The van der Waals surface area contributed by atoms with Crippen molar-refractivity contribution in [3.05, 3.63) is 88.4 Å². The number of imide groups is 1.